The summed E-state index contributed by atoms with van der Waals surface area (Å²) in [5, 5.41) is 0. The Balaban J connectivity index is 1.60. The van der Waals surface area contributed by atoms with E-state index in [9.17, 15) is 9.18 Å². The van der Waals surface area contributed by atoms with E-state index in [0.717, 1.165) is 16.7 Å². The molecule has 0 fully saturated rings. The third-order valence-corrected chi connectivity index (χ3v) is 4.89. The second-order valence-corrected chi connectivity index (χ2v) is 6.96. The number of fused-ring (bicyclic) bond motifs is 1. The number of nitrogens with zero attached hydrogens (tertiary/aromatic N) is 3. The van der Waals surface area contributed by atoms with Crippen LogP contribution in [0, 0.1) is 12.7 Å². The molecule has 0 spiro atoms. The lowest BCUT2D eigenvalue weighted by Crippen LogP contribution is -2.31. The first-order chi connectivity index (χ1) is 13.5. The van der Waals surface area contributed by atoms with Crippen LogP contribution in [0.3, 0.4) is 0 Å². The van der Waals surface area contributed by atoms with Gasteiger partial charge in [0.1, 0.15) is 12.4 Å². The first kappa shape index (κ1) is 18.1. The number of carbonyl (C=O) groups excluding carboxylic acids is 1. The molecule has 1 aliphatic heterocycles. The van der Waals surface area contributed by atoms with Crippen molar-refractivity contribution in [3.05, 3.63) is 71.4 Å². The summed E-state index contributed by atoms with van der Waals surface area (Å²) >= 11 is 0. The molecule has 0 unspecified atom stereocenters. The van der Waals surface area contributed by atoms with E-state index in [1.54, 1.807) is 25.6 Å². The molecule has 3 aromatic rings. The molecule has 4 rings (SSSR count). The predicted molar refractivity (Wildman–Crippen MR) is 105 cm³/mol. The number of amides is 1. The van der Waals surface area contributed by atoms with Gasteiger partial charge in [-0.15, -0.1) is 0 Å². The van der Waals surface area contributed by atoms with Gasteiger partial charge in [-0.2, -0.15) is 0 Å². The van der Waals surface area contributed by atoms with E-state index < -0.39 is 0 Å². The molecule has 1 aromatic carbocycles. The minimum Gasteiger partial charge on any atom is -0.473 e. The molecule has 0 aliphatic carbocycles. The fraction of sp³-hybridized carbons (Fsp3) is 0.227. The number of pyridine rings is 2. The number of hydrogen-bond acceptors (Lipinski definition) is 4. The SMILES string of the molecule is Cc1ccnc(OCc2cncc(-c3cc4c(cc3F)N(C)C(=O)CC4)c2)c1. The molecule has 1 aliphatic rings. The zero-order valence-electron chi connectivity index (χ0n) is 15.8. The Morgan fingerprint density at radius 1 is 1.18 bits per heavy atom. The summed E-state index contributed by atoms with van der Waals surface area (Å²) in [6.45, 7) is 2.27. The highest BCUT2D eigenvalue weighted by atomic mass is 19.1. The second kappa shape index (κ2) is 7.38. The predicted octanol–water partition coefficient (Wildman–Crippen LogP) is 4.08. The molecule has 142 valence electrons. The number of halogens is 1. The monoisotopic (exact) mass is 377 g/mol. The normalized spacial score (nSPS) is 13.4. The molecular formula is C22H20FN3O2. The average molecular weight is 377 g/mol. The van der Waals surface area contributed by atoms with Crippen molar-refractivity contribution < 1.29 is 13.9 Å². The summed E-state index contributed by atoms with van der Waals surface area (Å²) < 4.78 is 20.5. The highest BCUT2D eigenvalue weighted by molar-refractivity contribution is 5.96. The molecule has 0 atom stereocenters. The summed E-state index contributed by atoms with van der Waals surface area (Å²) in [5.74, 6) is 0.170. The van der Waals surface area contributed by atoms with Crippen molar-refractivity contribution in [2.24, 2.45) is 0 Å². The topological polar surface area (TPSA) is 55.3 Å². The van der Waals surface area contributed by atoms with Gasteiger partial charge >= 0.3 is 0 Å². The standard InChI is InChI=1S/C22H20FN3O2/c1-14-5-6-25-21(7-14)28-13-15-8-17(12-24-11-15)18-9-16-3-4-22(27)26(2)20(16)10-19(18)23/h5-12H,3-4,13H2,1-2H3. The zero-order chi connectivity index (χ0) is 19.7. The number of ether oxygens (including phenoxy) is 1. The average Bonchev–Trinajstić information content (AvgIpc) is 2.70. The minimum atomic E-state index is -0.375. The lowest BCUT2D eigenvalue weighted by Gasteiger charge is -2.26. The molecule has 0 bridgehead atoms. The molecule has 1 amide bonds. The quantitative estimate of drug-likeness (QED) is 0.688. The fourth-order valence-electron chi connectivity index (χ4n) is 3.34. The molecule has 0 radical (unpaired) electrons. The van der Waals surface area contributed by atoms with E-state index in [1.807, 2.05) is 31.2 Å². The third-order valence-electron chi connectivity index (χ3n) is 4.89. The number of benzene rings is 1. The molecule has 0 saturated heterocycles. The Kier molecular flexibility index (Phi) is 4.77. The maximum absolute atomic E-state index is 14.8. The molecule has 6 heteroatoms. The van der Waals surface area contributed by atoms with Crippen LogP contribution in [-0.4, -0.2) is 22.9 Å². The maximum atomic E-state index is 14.8. The number of aryl methyl sites for hydroxylation is 2. The van der Waals surface area contributed by atoms with Crippen LogP contribution in [0.4, 0.5) is 10.1 Å². The van der Waals surface area contributed by atoms with Gasteiger partial charge in [-0.05, 0) is 48.7 Å². The highest BCUT2D eigenvalue weighted by Gasteiger charge is 2.23. The lowest BCUT2D eigenvalue weighted by atomic mass is 9.96. The first-order valence-corrected chi connectivity index (χ1v) is 9.10. The number of aromatic nitrogens is 2. The number of hydrogen-bond donors (Lipinski definition) is 0. The molecule has 0 saturated carbocycles. The van der Waals surface area contributed by atoms with Gasteiger partial charge in [0.2, 0.25) is 11.8 Å². The van der Waals surface area contributed by atoms with Gasteiger partial charge in [0.15, 0.2) is 0 Å². The Labute approximate surface area is 162 Å². The van der Waals surface area contributed by atoms with Crippen molar-refractivity contribution >= 4 is 11.6 Å². The largest absolute Gasteiger partial charge is 0.473 e. The summed E-state index contributed by atoms with van der Waals surface area (Å²) in [5.41, 5.74) is 4.64. The van der Waals surface area contributed by atoms with Gasteiger partial charge in [-0.25, -0.2) is 9.37 Å². The van der Waals surface area contributed by atoms with Crippen molar-refractivity contribution in [1.29, 1.82) is 0 Å². The number of rotatable bonds is 4. The van der Waals surface area contributed by atoms with E-state index in [1.165, 1.54) is 11.0 Å². The van der Waals surface area contributed by atoms with Gasteiger partial charge < -0.3 is 9.64 Å². The fourth-order valence-corrected chi connectivity index (χ4v) is 3.34. The Morgan fingerprint density at radius 2 is 2.04 bits per heavy atom. The minimum absolute atomic E-state index is 0.00483. The van der Waals surface area contributed by atoms with Crippen LogP contribution in [-0.2, 0) is 17.8 Å². The Morgan fingerprint density at radius 3 is 2.86 bits per heavy atom. The van der Waals surface area contributed by atoms with Gasteiger partial charge in [0.25, 0.3) is 0 Å². The van der Waals surface area contributed by atoms with E-state index in [0.29, 0.717) is 42.1 Å². The molecule has 2 aromatic heterocycles. The van der Waals surface area contributed by atoms with Crippen molar-refractivity contribution in [3.63, 3.8) is 0 Å². The van der Waals surface area contributed by atoms with E-state index in [-0.39, 0.29) is 11.7 Å². The Hall–Kier alpha value is -3.28. The Bertz CT molecular complexity index is 1050. The lowest BCUT2D eigenvalue weighted by molar-refractivity contribution is -0.118. The van der Waals surface area contributed by atoms with Gasteiger partial charge in [0, 0.05) is 60.5 Å². The van der Waals surface area contributed by atoms with Crippen LogP contribution >= 0.6 is 0 Å². The maximum Gasteiger partial charge on any atom is 0.227 e. The van der Waals surface area contributed by atoms with Crippen molar-refractivity contribution in [2.75, 3.05) is 11.9 Å². The molecule has 0 N–H and O–H groups in total. The number of anilines is 1. The van der Waals surface area contributed by atoms with Gasteiger partial charge in [-0.3, -0.25) is 9.78 Å². The molecule has 28 heavy (non-hydrogen) atoms. The first-order valence-electron chi connectivity index (χ1n) is 9.10. The van der Waals surface area contributed by atoms with Crippen molar-refractivity contribution in [3.8, 4) is 17.0 Å². The van der Waals surface area contributed by atoms with Crippen LogP contribution in [0.1, 0.15) is 23.1 Å². The smallest absolute Gasteiger partial charge is 0.227 e. The van der Waals surface area contributed by atoms with Gasteiger partial charge in [0.05, 0.1) is 0 Å². The zero-order valence-corrected chi connectivity index (χ0v) is 15.8. The summed E-state index contributed by atoms with van der Waals surface area (Å²) in [6.07, 6.45) is 6.08. The van der Waals surface area contributed by atoms with Crippen LogP contribution < -0.4 is 9.64 Å². The van der Waals surface area contributed by atoms with E-state index in [2.05, 4.69) is 9.97 Å². The van der Waals surface area contributed by atoms with Crippen molar-refractivity contribution in [2.45, 2.75) is 26.4 Å². The summed E-state index contributed by atoms with van der Waals surface area (Å²) in [7, 11) is 1.68. The number of carbonyl (C=O) groups is 1. The van der Waals surface area contributed by atoms with E-state index in [4.69, 9.17) is 4.74 Å². The highest BCUT2D eigenvalue weighted by Crippen LogP contribution is 2.33. The molecular weight excluding hydrogens is 357 g/mol. The van der Waals surface area contributed by atoms with Gasteiger partial charge in [-0.1, -0.05) is 0 Å². The van der Waals surface area contributed by atoms with Crippen LogP contribution in [0.15, 0.2) is 48.9 Å². The molecule has 5 nitrogen and oxygen atoms in total. The van der Waals surface area contributed by atoms with Crippen LogP contribution in [0.25, 0.3) is 11.1 Å². The second-order valence-electron chi connectivity index (χ2n) is 6.96. The van der Waals surface area contributed by atoms with Crippen molar-refractivity contribution in [1.82, 2.24) is 9.97 Å². The molecule has 3 heterocycles. The van der Waals surface area contributed by atoms with E-state index >= 15 is 0 Å². The van der Waals surface area contributed by atoms with Crippen LogP contribution in [0.5, 0.6) is 5.88 Å². The summed E-state index contributed by atoms with van der Waals surface area (Å²) in [4.78, 5) is 21.8. The summed E-state index contributed by atoms with van der Waals surface area (Å²) in [6, 6.07) is 8.88. The van der Waals surface area contributed by atoms with Crippen LogP contribution in [0.2, 0.25) is 0 Å². The third kappa shape index (κ3) is 3.58.